The normalized spacial score (nSPS) is 9.00. The summed E-state index contributed by atoms with van der Waals surface area (Å²) in [6.07, 6.45) is 1.56. The van der Waals surface area contributed by atoms with E-state index in [9.17, 15) is 0 Å². The van der Waals surface area contributed by atoms with Crippen LogP contribution in [0, 0.1) is 17.9 Å². The van der Waals surface area contributed by atoms with Gasteiger partial charge in [-0.1, -0.05) is 24.8 Å². The first-order valence-electron chi connectivity index (χ1n) is 3.46. The molecule has 1 radical (unpaired) electrons. The van der Waals surface area contributed by atoms with Crippen LogP contribution in [-0.2, 0) is 0 Å². The summed E-state index contributed by atoms with van der Waals surface area (Å²) in [5.74, 6) is 0. The van der Waals surface area contributed by atoms with Crippen molar-refractivity contribution >= 4 is 6.08 Å². The van der Waals surface area contributed by atoms with Crippen LogP contribution in [0.15, 0.2) is 24.8 Å². The Hall–Kier alpha value is -1.59. The van der Waals surface area contributed by atoms with Crippen molar-refractivity contribution in [3.8, 4) is 6.07 Å². The molecule has 2 heteroatoms. The third kappa shape index (κ3) is 1.36. The molecular weight excluding hydrogens is 150 g/mol. The van der Waals surface area contributed by atoms with Crippen LogP contribution in [0.25, 0.3) is 6.08 Å². The maximum Gasteiger partial charge on any atom is 0.110 e. The molecule has 0 aliphatic carbocycles. The first-order chi connectivity index (χ1) is 5.83. The summed E-state index contributed by atoms with van der Waals surface area (Å²) in [6, 6.07) is 7.14. The van der Waals surface area contributed by atoms with Gasteiger partial charge in [-0.3, -0.25) is 0 Å². The molecule has 0 bridgehead atoms. The smallest absolute Gasteiger partial charge is 0.110 e. The van der Waals surface area contributed by atoms with Gasteiger partial charge in [0.05, 0.1) is 11.6 Å². The van der Waals surface area contributed by atoms with E-state index >= 15 is 0 Å². The molecule has 0 amide bonds. The third-order valence-electron chi connectivity index (χ3n) is 1.60. The Morgan fingerprint density at radius 3 is 2.75 bits per heavy atom. The molecule has 0 aromatic heterocycles. The van der Waals surface area contributed by atoms with E-state index in [-0.39, 0.29) is 0 Å². The molecule has 1 aromatic carbocycles. The average Bonchev–Trinajstić information content (AvgIpc) is 2.16. The lowest BCUT2D eigenvalue weighted by Crippen LogP contribution is -1.89. The lowest BCUT2D eigenvalue weighted by molar-refractivity contribution is 0.414. The molecule has 0 unspecified atom stereocenters. The highest BCUT2D eigenvalue weighted by molar-refractivity contribution is 5.61. The highest BCUT2D eigenvalue weighted by atomic mass is 16.3. The molecule has 1 aromatic rings. The summed E-state index contributed by atoms with van der Waals surface area (Å²) in [7, 11) is 0. The summed E-state index contributed by atoms with van der Waals surface area (Å²) in [5.41, 5.74) is 1.80. The first-order valence-corrected chi connectivity index (χ1v) is 3.46. The summed E-state index contributed by atoms with van der Waals surface area (Å²) < 4.78 is 0. The van der Waals surface area contributed by atoms with Gasteiger partial charge in [0.15, 0.2) is 0 Å². The van der Waals surface area contributed by atoms with Crippen molar-refractivity contribution in [2.24, 2.45) is 0 Å². The van der Waals surface area contributed by atoms with Crippen LogP contribution in [0.3, 0.4) is 0 Å². The van der Waals surface area contributed by atoms with Crippen LogP contribution in [0.2, 0.25) is 0 Å². The molecule has 0 saturated carbocycles. The number of benzene rings is 1. The molecule has 0 fully saturated rings. The molecule has 1 rings (SSSR count). The minimum Gasteiger partial charge on any atom is -0.385 e. The molecule has 0 aliphatic rings. The number of hydrogen-bond acceptors (Lipinski definition) is 2. The monoisotopic (exact) mass is 158 g/mol. The number of hydrogen-bond donors (Lipinski definition) is 1. The van der Waals surface area contributed by atoms with E-state index in [1.165, 1.54) is 0 Å². The summed E-state index contributed by atoms with van der Waals surface area (Å²) in [6.45, 7) is 4.54. The van der Waals surface area contributed by atoms with Crippen molar-refractivity contribution in [2.75, 3.05) is 0 Å². The van der Waals surface area contributed by atoms with Crippen LogP contribution < -0.4 is 0 Å². The van der Waals surface area contributed by atoms with Crippen LogP contribution in [0.4, 0.5) is 0 Å². The Morgan fingerprint density at radius 2 is 2.25 bits per heavy atom. The summed E-state index contributed by atoms with van der Waals surface area (Å²) in [5, 5.41) is 17.5. The largest absolute Gasteiger partial charge is 0.385 e. The molecule has 0 saturated heterocycles. The maximum absolute atomic E-state index is 8.79. The van der Waals surface area contributed by atoms with Crippen molar-refractivity contribution in [3.63, 3.8) is 0 Å². The van der Waals surface area contributed by atoms with Gasteiger partial charge in [-0.15, -0.1) is 0 Å². The van der Waals surface area contributed by atoms with E-state index < -0.39 is 0 Å². The fraction of sp³-hybridized carbons (Fsp3) is 0. The zero-order valence-electron chi connectivity index (χ0n) is 6.49. The predicted molar refractivity (Wildman–Crippen MR) is 46.6 cm³/mol. The minimum absolute atomic E-state index is 0.521. The molecule has 0 aliphatic heterocycles. The van der Waals surface area contributed by atoms with E-state index in [1.807, 2.05) is 6.07 Å². The lowest BCUT2D eigenvalue weighted by atomic mass is 10.0. The van der Waals surface area contributed by atoms with Gasteiger partial charge < -0.3 is 5.11 Å². The number of aliphatic hydroxyl groups is 1. The van der Waals surface area contributed by atoms with E-state index in [1.54, 1.807) is 24.3 Å². The topological polar surface area (TPSA) is 44.0 Å². The Morgan fingerprint density at radius 1 is 1.50 bits per heavy atom. The average molecular weight is 158 g/mol. The molecule has 0 atom stereocenters. The second kappa shape index (κ2) is 3.70. The van der Waals surface area contributed by atoms with Crippen molar-refractivity contribution in [3.05, 3.63) is 48.1 Å². The summed E-state index contributed by atoms with van der Waals surface area (Å²) >= 11 is 0. The number of aliphatic hydroxyl groups excluding tert-OH is 1. The third-order valence-corrected chi connectivity index (χ3v) is 1.60. The zero-order chi connectivity index (χ0) is 8.97. The van der Waals surface area contributed by atoms with Crippen molar-refractivity contribution < 1.29 is 5.11 Å². The van der Waals surface area contributed by atoms with Gasteiger partial charge in [0, 0.05) is 0 Å². The molecule has 59 valence electrons. The molecular formula is C10H8NO. The van der Waals surface area contributed by atoms with Gasteiger partial charge in [0.25, 0.3) is 0 Å². The van der Waals surface area contributed by atoms with Crippen LogP contribution >= 0.6 is 0 Å². The van der Waals surface area contributed by atoms with Gasteiger partial charge in [0.2, 0.25) is 0 Å². The van der Waals surface area contributed by atoms with Gasteiger partial charge >= 0.3 is 0 Å². The predicted octanol–water partition coefficient (Wildman–Crippen LogP) is 2.08. The fourth-order valence-electron chi connectivity index (χ4n) is 1.02. The quantitative estimate of drug-likeness (QED) is 0.716. The maximum atomic E-state index is 8.79. The van der Waals surface area contributed by atoms with E-state index in [4.69, 9.17) is 10.4 Å². The number of nitrogens with zero attached hydrogens (tertiary/aromatic N) is 1. The standard InChI is InChI=1S/C10H8NO/c1-2-10-8(6-11)4-3-5-9(10)7-12/h2-5,7,12H,1H2. The van der Waals surface area contributed by atoms with E-state index in [0.717, 1.165) is 6.61 Å². The highest BCUT2D eigenvalue weighted by Gasteiger charge is 2.02. The second-order valence-corrected chi connectivity index (χ2v) is 2.25. The molecule has 1 N–H and O–H groups in total. The molecule has 0 heterocycles. The van der Waals surface area contributed by atoms with Gasteiger partial charge in [-0.05, 0) is 17.2 Å². The van der Waals surface area contributed by atoms with E-state index in [0.29, 0.717) is 16.7 Å². The van der Waals surface area contributed by atoms with Crippen LogP contribution in [0.1, 0.15) is 16.7 Å². The van der Waals surface area contributed by atoms with E-state index in [2.05, 4.69) is 6.58 Å². The summed E-state index contributed by atoms with van der Waals surface area (Å²) in [4.78, 5) is 0. The second-order valence-electron chi connectivity index (χ2n) is 2.25. The zero-order valence-corrected chi connectivity index (χ0v) is 6.49. The van der Waals surface area contributed by atoms with Gasteiger partial charge in [0.1, 0.15) is 6.61 Å². The van der Waals surface area contributed by atoms with Gasteiger partial charge in [-0.2, -0.15) is 5.26 Å². The Balaban J connectivity index is 3.34. The Labute approximate surface area is 71.4 Å². The molecule has 12 heavy (non-hydrogen) atoms. The Kier molecular flexibility index (Phi) is 2.62. The highest BCUT2D eigenvalue weighted by Crippen LogP contribution is 2.15. The van der Waals surface area contributed by atoms with Crippen molar-refractivity contribution in [1.29, 1.82) is 5.26 Å². The van der Waals surface area contributed by atoms with Crippen molar-refractivity contribution in [1.82, 2.24) is 0 Å². The van der Waals surface area contributed by atoms with Gasteiger partial charge in [-0.25, -0.2) is 0 Å². The fourth-order valence-corrected chi connectivity index (χ4v) is 1.02. The number of nitriles is 1. The lowest BCUT2D eigenvalue weighted by Gasteiger charge is -2.02. The molecule has 0 spiro atoms. The van der Waals surface area contributed by atoms with Crippen LogP contribution in [0.5, 0.6) is 0 Å². The van der Waals surface area contributed by atoms with Crippen molar-refractivity contribution in [2.45, 2.75) is 0 Å². The first kappa shape index (κ1) is 8.51. The number of rotatable bonds is 2. The Bertz CT molecular complexity index is 336. The molecule has 2 nitrogen and oxygen atoms in total. The van der Waals surface area contributed by atoms with Crippen LogP contribution in [-0.4, -0.2) is 5.11 Å². The SMILES string of the molecule is C=Cc1c(C#N)cccc1[CH]O. The minimum atomic E-state index is 0.521.